The Kier molecular flexibility index (Phi) is 7.62. The van der Waals surface area contributed by atoms with Crippen LogP contribution in [0.5, 0.6) is 11.5 Å². The number of rotatable bonds is 8. The molecule has 0 aliphatic rings. The molecule has 0 aliphatic heterocycles. The van der Waals surface area contributed by atoms with Crippen LogP contribution in [0, 0.1) is 0 Å². The lowest BCUT2D eigenvalue weighted by atomic mass is 10.1. The van der Waals surface area contributed by atoms with Crippen LogP contribution in [0.1, 0.15) is 13.3 Å². The molecule has 0 saturated carbocycles. The van der Waals surface area contributed by atoms with E-state index in [9.17, 15) is 13.2 Å². The van der Waals surface area contributed by atoms with Gasteiger partial charge in [-0.25, -0.2) is 8.42 Å². The Morgan fingerprint density at radius 3 is 2.17 bits per heavy atom. The average Bonchev–Trinajstić information content (AvgIpc) is 2.66. The molecule has 0 fully saturated rings. The fraction of sp³-hybridized carbons (Fsp3) is 0.316. The number of carbonyl (C=O) groups excluding carboxylic acids is 1. The lowest BCUT2D eigenvalue weighted by Gasteiger charge is -2.30. The van der Waals surface area contributed by atoms with Crippen LogP contribution in [0.25, 0.3) is 0 Å². The number of anilines is 2. The summed E-state index contributed by atoms with van der Waals surface area (Å²) in [5.41, 5.74) is 0.640. The van der Waals surface area contributed by atoms with Crippen molar-refractivity contribution < 1.29 is 22.7 Å². The number of sulfonamides is 1. The number of methoxy groups -OCH3 is 2. The lowest BCUT2D eigenvalue weighted by Crippen LogP contribution is -2.47. The number of halogens is 2. The first kappa shape index (κ1) is 23.1. The number of ether oxygens (including phenoxy) is 2. The highest BCUT2D eigenvalue weighted by molar-refractivity contribution is 7.92. The van der Waals surface area contributed by atoms with Gasteiger partial charge in [0.15, 0.2) is 0 Å². The highest BCUT2D eigenvalue weighted by atomic mass is 35.5. The first-order valence-corrected chi connectivity index (χ1v) is 11.2. The van der Waals surface area contributed by atoms with Gasteiger partial charge >= 0.3 is 0 Å². The summed E-state index contributed by atoms with van der Waals surface area (Å²) in [4.78, 5) is 13.1. The standard InChI is InChI=1S/C19H22Cl2N2O5S/c1-5-16(23(29(4,25)26)13-8-6-12(20)7-9-13)19(24)22-15-11-17(27-2)14(21)10-18(15)28-3/h6-11,16H,5H2,1-4H3,(H,22,24)/t16-/m1/s1. The number of nitrogens with one attached hydrogen (secondary N) is 1. The molecule has 0 heterocycles. The van der Waals surface area contributed by atoms with Crippen molar-refractivity contribution in [1.29, 1.82) is 0 Å². The minimum Gasteiger partial charge on any atom is -0.495 e. The molecule has 0 unspecified atom stereocenters. The first-order chi connectivity index (χ1) is 13.6. The molecule has 2 aromatic rings. The van der Waals surface area contributed by atoms with Crippen molar-refractivity contribution >= 4 is 50.5 Å². The van der Waals surface area contributed by atoms with E-state index in [1.54, 1.807) is 31.2 Å². The summed E-state index contributed by atoms with van der Waals surface area (Å²) >= 11 is 12.0. The van der Waals surface area contributed by atoms with E-state index in [0.29, 0.717) is 32.9 Å². The lowest BCUT2D eigenvalue weighted by molar-refractivity contribution is -0.117. The van der Waals surface area contributed by atoms with Crippen molar-refractivity contribution in [1.82, 2.24) is 0 Å². The van der Waals surface area contributed by atoms with Gasteiger partial charge in [-0.3, -0.25) is 9.10 Å². The van der Waals surface area contributed by atoms with E-state index < -0.39 is 22.0 Å². The minimum absolute atomic E-state index is 0.231. The highest BCUT2D eigenvalue weighted by Crippen LogP contribution is 2.36. The molecule has 0 radical (unpaired) electrons. The molecule has 0 aromatic heterocycles. The second-order valence-electron chi connectivity index (χ2n) is 6.14. The molecule has 10 heteroatoms. The van der Waals surface area contributed by atoms with Crippen LogP contribution >= 0.6 is 23.2 Å². The Hall–Kier alpha value is -2.16. The average molecular weight is 461 g/mol. The van der Waals surface area contributed by atoms with E-state index >= 15 is 0 Å². The van der Waals surface area contributed by atoms with E-state index in [-0.39, 0.29) is 6.42 Å². The third-order valence-corrected chi connectivity index (χ3v) is 5.87. The normalized spacial score (nSPS) is 12.2. The highest BCUT2D eigenvalue weighted by Gasteiger charge is 2.32. The van der Waals surface area contributed by atoms with Gasteiger partial charge in [-0.1, -0.05) is 30.1 Å². The van der Waals surface area contributed by atoms with Gasteiger partial charge in [-0.2, -0.15) is 0 Å². The SMILES string of the molecule is CC[C@H](C(=O)Nc1cc(OC)c(Cl)cc1OC)N(c1ccc(Cl)cc1)S(C)(=O)=O. The summed E-state index contributed by atoms with van der Waals surface area (Å²) in [6.45, 7) is 1.72. The molecular weight excluding hydrogens is 439 g/mol. The summed E-state index contributed by atoms with van der Waals surface area (Å²) in [5.74, 6) is 0.125. The van der Waals surface area contributed by atoms with Crippen LogP contribution in [0.4, 0.5) is 11.4 Å². The van der Waals surface area contributed by atoms with Gasteiger partial charge in [0.05, 0.1) is 36.9 Å². The molecule has 2 rings (SSSR count). The number of hydrogen-bond acceptors (Lipinski definition) is 5. The summed E-state index contributed by atoms with van der Waals surface area (Å²) in [6, 6.07) is 8.23. The van der Waals surface area contributed by atoms with Crippen LogP contribution < -0.4 is 19.1 Å². The monoisotopic (exact) mass is 460 g/mol. The largest absolute Gasteiger partial charge is 0.495 e. The van der Waals surface area contributed by atoms with Crippen molar-refractivity contribution in [3.63, 3.8) is 0 Å². The molecule has 1 N–H and O–H groups in total. The van der Waals surface area contributed by atoms with E-state index in [2.05, 4.69) is 5.32 Å². The van der Waals surface area contributed by atoms with Gasteiger partial charge in [0, 0.05) is 17.2 Å². The smallest absolute Gasteiger partial charge is 0.248 e. The maximum Gasteiger partial charge on any atom is 0.248 e. The summed E-state index contributed by atoms with van der Waals surface area (Å²) in [7, 11) is -0.886. The van der Waals surface area contributed by atoms with Gasteiger partial charge in [0.2, 0.25) is 15.9 Å². The van der Waals surface area contributed by atoms with Crippen molar-refractivity contribution in [2.75, 3.05) is 30.1 Å². The van der Waals surface area contributed by atoms with Gasteiger partial charge in [0.25, 0.3) is 0 Å². The Morgan fingerprint density at radius 1 is 1.10 bits per heavy atom. The van der Waals surface area contributed by atoms with Crippen LogP contribution in [0.15, 0.2) is 36.4 Å². The molecule has 0 bridgehead atoms. The van der Waals surface area contributed by atoms with Gasteiger partial charge in [0.1, 0.15) is 17.5 Å². The molecular formula is C19H22Cl2N2O5S. The Labute approximate surface area is 180 Å². The zero-order chi connectivity index (χ0) is 21.8. The number of hydrogen-bond donors (Lipinski definition) is 1. The number of carbonyl (C=O) groups is 1. The molecule has 0 aliphatic carbocycles. The zero-order valence-electron chi connectivity index (χ0n) is 16.4. The second kappa shape index (κ2) is 9.56. The van der Waals surface area contributed by atoms with E-state index in [1.165, 1.54) is 26.4 Å². The van der Waals surface area contributed by atoms with Crippen molar-refractivity contribution in [3.05, 3.63) is 46.4 Å². The van der Waals surface area contributed by atoms with E-state index in [0.717, 1.165) is 10.6 Å². The van der Waals surface area contributed by atoms with Crippen molar-refractivity contribution in [3.8, 4) is 11.5 Å². The van der Waals surface area contributed by atoms with Crippen molar-refractivity contribution in [2.45, 2.75) is 19.4 Å². The van der Waals surface area contributed by atoms with Gasteiger partial charge < -0.3 is 14.8 Å². The number of amides is 1. The predicted octanol–water partition coefficient (Wildman–Crippen LogP) is 4.19. The van der Waals surface area contributed by atoms with Gasteiger partial charge in [-0.15, -0.1) is 0 Å². The topological polar surface area (TPSA) is 84.9 Å². The molecule has 7 nitrogen and oxygen atoms in total. The fourth-order valence-electron chi connectivity index (χ4n) is 2.82. The maximum atomic E-state index is 13.1. The molecule has 1 amide bonds. The number of nitrogens with zero attached hydrogens (tertiary/aromatic N) is 1. The molecule has 0 spiro atoms. The third-order valence-electron chi connectivity index (χ3n) is 4.14. The van der Waals surface area contributed by atoms with Crippen LogP contribution in [-0.4, -0.2) is 40.8 Å². The predicted molar refractivity (Wildman–Crippen MR) is 116 cm³/mol. The Balaban J connectivity index is 2.44. The molecule has 29 heavy (non-hydrogen) atoms. The van der Waals surface area contributed by atoms with Crippen LogP contribution in [0.2, 0.25) is 10.0 Å². The molecule has 1 atom stereocenters. The number of benzene rings is 2. The van der Waals surface area contributed by atoms with Gasteiger partial charge in [-0.05, 0) is 30.7 Å². The second-order valence-corrected chi connectivity index (χ2v) is 8.84. The first-order valence-electron chi connectivity index (χ1n) is 8.59. The Bertz CT molecular complexity index is 981. The summed E-state index contributed by atoms with van der Waals surface area (Å²) in [6.07, 6.45) is 1.28. The Morgan fingerprint density at radius 2 is 1.69 bits per heavy atom. The van der Waals surface area contributed by atoms with E-state index in [4.69, 9.17) is 32.7 Å². The molecule has 158 valence electrons. The third kappa shape index (κ3) is 5.46. The fourth-order valence-corrected chi connectivity index (χ4v) is 4.39. The maximum absolute atomic E-state index is 13.1. The zero-order valence-corrected chi connectivity index (χ0v) is 18.7. The summed E-state index contributed by atoms with van der Waals surface area (Å²) in [5, 5.41) is 3.48. The minimum atomic E-state index is -3.76. The summed E-state index contributed by atoms with van der Waals surface area (Å²) < 4.78 is 36.5. The molecule has 0 saturated heterocycles. The van der Waals surface area contributed by atoms with Crippen LogP contribution in [0.3, 0.4) is 0 Å². The van der Waals surface area contributed by atoms with Crippen molar-refractivity contribution in [2.24, 2.45) is 0 Å². The quantitative estimate of drug-likeness (QED) is 0.637. The van der Waals surface area contributed by atoms with E-state index in [1.807, 2.05) is 0 Å². The molecule has 2 aromatic carbocycles. The van der Waals surface area contributed by atoms with Crippen LogP contribution in [-0.2, 0) is 14.8 Å².